The van der Waals surface area contributed by atoms with Gasteiger partial charge in [-0.1, -0.05) is 6.07 Å². The highest BCUT2D eigenvalue weighted by molar-refractivity contribution is 5.93. The summed E-state index contributed by atoms with van der Waals surface area (Å²) in [5, 5.41) is 0. The third-order valence-electron chi connectivity index (χ3n) is 2.84. The van der Waals surface area contributed by atoms with Gasteiger partial charge in [-0.2, -0.15) is 0 Å². The minimum atomic E-state index is -0.450. The first kappa shape index (κ1) is 13.1. The van der Waals surface area contributed by atoms with Crippen molar-refractivity contribution in [3.8, 4) is 5.75 Å². The van der Waals surface area contributed by atoms with Gasteiger partial charge in [0.25, 0.3) is 0 Å². The van der Waals surface area contributed by atoms with E-state index in [1.54, 1.807) is 30.3 Å². The minimum Gasteiger partial charge on any atom is -0.489 e. The maximum atomic E-state index is 12.7. The molecule has 0 atom stereocenters. The number of rotatable bonds is 4. The lowest BCUT2D eigenvalue weighted by atomic mass is 10.1. The zero-order valence-electron chi connectivity index (χ0n) is 10.5. The molecule has 3 nitrogen and oxygen atoms in total. The number of hydrogen-bond acceptors (Lipinski definition) is 2. The molecule has 19 heavy (non-hydrogen) atoms. The number of hydrogen-bond donors (Lipinski definition) is 1. The van der Waals surface area contributed by atoms with Gasteiger partial charge in [-0.3, -0.25) is 4.79 Å². The number of aryl methyl sites for hydroxylation is 1. The molecule has 98 valence electrons. The zero-order valence-corrected chi connectivity index (χ0v) is 10.5. The Morgan fingerprint density at radius 3 is 2.47 bits per heavy atom. The predicted molar refractivity (Wildman–Crippen MR) is 70.4 cm³/mol. The maximum Gasteiger partial charge on any atom is 0.248 e. The first-order chi connectivity index (χ1) is 9.06. The van der Waals surface area contributed by atoms with Crippen LogP contribution in [-0.4, -0.2) is 5.91 Å². The smallest absolute Gasteiger partial charge is 0.248 e. The Labute approximate surface area is 110 Å². The Hall–Kier alpha value is -2.36. The summed E-state index contributed by atoms with van der Waals surface area (Å²) >= 11 is 0. The number of ether oxygens (including phenoxy) is 1. The minimum absolute atomic E-state index is 0.297. The second-order valence-electron chi connectivity index (χ2n) is 4.25. The number of carbonyl (C=O) groups is 1. The molecular formula is C15H14FNO2. The third-order valence-corrected chi connectivity index (χ3v) is 2.84. The normalized spacial score (nSPS) is 10.2. The molecule has 0 saturated heterocycles. The van der Waals surface area contributed by atoms with Gasteiger partial charge in [0, 0.05) is 5.56 Å². The first-order valence-corrected chi connectivity index (χ1v) is 5.84. The van der Waals surface area contributed by atoms with E-state index in [0.717, 1.165) is 11.1 Å². The van der Waals surface area contributed by atoms with Gasteiger partial charge in [-0.05, 0) is 54.4 Å². The Morgan fingerprint density at radius 1 is 1.21 bits per heavy atom. The molecular weight excluding hydrogens is 245 g/mol. The molecule has 0 aliphatic heterocycles. The van der Waals surface area contributed by atoms with Crippen molar-refractivity contribution < 1.29 is 13.9 Å². The fourth-order valence-corrected chi connectivity index (χ4v) is 1.70. The lowest BCUT2D eigenvalue weighted by Gasteiger charge is -2.09. The van der Waals surface area contributed by atoms with E-state index in [0.29, 0.717) is 17.9 Å². The van der Waals surface area contributed by atoms with E-state index in [1.165, 1.54) is 12.1 Å². The van der Waals surface area contributed by atoms with Crippen LogP contribution in [0.25, 0.3) is 0 Å². The molecule has 2 N–H and O–H groups in total. The predicted octanol–water partition coefficient (Wildman–Crippen LogP) is 2.81. The van der Waals surface area contributed by atoms with Gasteiger partial charge in [0.1, 0.15) is 18.2 Å². The highest BCUT2D eigenvalue weighted by atomic mass is 19.1. The Morgan fingerprint density at radius 2 is 1.89 bits per heavy atom. The summed E-state index contributed by atoms with van der Waals surface area (Å²) in [5.41, 5.74) is 7.56. The summed E-state index contributed by atoms with van der Waals surface area (Å²) in [5.74, 6) is -0.150. The molecule has 1 amide bonds. The van der Waals surface area contributed by atoms with E-state index in [9.17, 15) is 9.18 Å². The van der Waals surface area contributed by atoms with Gasteiger partial charge in [0.2, 0.25) is 5.91 Å². The van der Waals surface area contributed by atoms with E-state index < -0.39 is 5.91 Å². The van der Waals surface area contributed by atoms with Crippen LogP contribution in [0.5, 0.6) is 5.75 Å². The first-order valence-electron chi connectivity index (χ1n) is 5.84. The average Bonchev–Trinajstić information content (AvgIpc) is 2.39. The quantitative estimate of drug-likeness (QED) is 0.917. The van der Waals surface area contributed by atoms with Gasteiger partial charge in [0.15, 0.2) is 0 Å². The summed E-state index contributed by atoms with van der Waals surface area (Å²) in [6.45, 7) is 2.24. The lowest BCUT2D eigenvalue weighted by Crippen LogP contribution is -2.11. The molecule has 0 radical (unpaired) electrons. The van der Waals surface area contributed by atoms with Gasteiger partial charge in [-0.15, -0.1) is 0 Å². The van der Waals surface area contributed by atoms with Crippen molar-refractivity contribution in [1.82, 2.24) is 0 Å². The molecule has 0 aromatic heterocycles. The summed E-state index contributed by atoms with van der Waals surface area (Å²) in [6, 6.07) is 11.0. The molecule has 0 spiro atoms. The summed E-state index contributed by atoms with van der Waals surface area (Å²) in [4.78, 5) is 11.0. The molecule has 0 saturated carbocycles. The number of halogens is 1. The zero-order chi connectivity index (χ0) is 13.8. The van der Waals surface area contributed by atoms with E-state index >= 15 is 0 Å². The number of amides is 1. The molecule has 0 unspecified atom stereocenters. The van der Waals surface area contributed by atoms with Crippen LogP contribution < -0.4 is 10.5 Å². The Kier molecular flexibility index (Phi) is 3.80. The fourth-order valence-electron chi connectivity index (χ4n) is 1.70. The molecule has 0 fully saturated rings. The van der Waals surface area contributed by atoms with E-state index in [-0.39, 0.29) is 5.82 Å². The van der Waals surface area contributed by atoms with Crippen LogP contribution in [0, 0.1) is 12.7 Å². The maximum absolute atomic E-state index is 12.7. The molecule has 0 aliphatic rings. The number of carbonyl (C=O) groups excluding carboxylic acids is 1. The largest absolute Gasteiger partial charge is 0.489 e. The van der Waals surface area contributed by atoms with Crippen molar-refractivity contribution in [3.63, 3.8) is 0 Å². The number of benzene rings is 2. The topological polar surface area (TPSA) is 52.3 Å². The lowest BCUT2D eigenvalue weighted by molar-refractivity contribution is 0.1000. The molecule has 0 aliphatic carbocycles. The SMILES string of the molecule is Cc1cc(C(N)=O)ccc1COc1ccc(F)cc1. The molecule has 2 aromatic rings. The van der Waals surface area contributed by atoms with Crippen LogP contribution >= 0.6 is 0 Å². The average molecular weight is 259 g/mol. The Balaban J connectivity index is 2.07. The van der Waals surface area contributed by atoms with Crippen molar-refractivity contribution >= 4 is 5.91 Å². The van der Waals surface area contributed by atoms with Crippen LogP contribution in [0.1, 0.15) is 21.5 Å². The number of primary amides is 1. The van der Waals surface area contributed by atoms with Crippen molar-refractivity contribution in [2.45, 2.75) is 13.5 Å². The van der Waals surface area contributed by atoms with Gasteiger partial charge >= 0.3 is 0 Å². The van der Waals surface area contributed by atoms with Gasteiger partial charge in [-0.25, -0.2) is 4.39 Å². The summed E-state index contributed by atoms with van der Waals surface area (Å²) in [7, 11) is 0. The molecule has 2 rings (SSSR count). The summed E-state index contributed by atoms with van der Waals surface area (Å²) < 4.78 is 18.3. The van der Waals surface area contributed by atoms with Crippen LogP contribution in [0.2, 0.25) is 0 Å². The van der Waals surface area contributed by atoms with Crippen LogP contribution in [-0.2, 0) is 6.61 Å². The Bertz CT molecular complexity index is 594. The third kappa shape index (κ3) is 3.31. The number of nitrogens with two attached hydrogens (primary N) is 1. The highest BCUT2D eigenvalue weighted by Gasteiger charge is 2.05. The van der Waals surface area contributed by atoms with Crippen molar-refractivity contribution in [1.29, 1.82) is 0 Å². The van der Waals surface area contributed by atoms with Crippen molar-refractivity contribution in [3.05, 3.63) is 65.0 Å². The second-order valence-corrected chi connectivity index (χ2v) is 4.25. The van der Waals surface area contributed by atoms with E-state index in [4.69, 9.17) is 10.5 Å². The molecule has 4 heteroatoms. The van der Waals surface area contributed by atoms with Crippen LogP contribution in [0.4, 0.5) is 4.39 Å². The standard InChI is InChI=1S/C15H14FNO2/c1-10-8-11(15(17)18)2-3-12(10)9-19-14-6-4-13(16)5-7-14/h2-8H,9H2,1H3,(H2,17,18). The highest BCUT2D eigenvalue weighted by Crippen LogP contribution is 2.16. The summed E-state index contributed by atoms with van der Waals surface area (Å²) in [6.07, 6.45) is 0. The molecule has 2 aromatic carbocycles. The van der Waals surface area contributed by atoms with Crippen LogP contribution in [0.3, 0.4) is 0 Å². The fraction of sp³-hybridized carbons (Fsp3) is 0.133. The molecule has 0 bridgehead atoms. The van der Waals surface area contributed by atoms with E-state index in [1.807, 2.05) is 6.92 Å². The van der Waals surface area contributed by atoms with Gasteiger partial charge in [0.05, 0.1) is 0 Å². The monoisotopic (exact) mass is 259 g/mol. The molecule has 0 heterocycles. The van der Waals surface area contributed by atoms with Crippen LogP contribution in [0.15, 0.2) is 42.5 Å². The second kappa shape index (κ2) is 5.52. The van der Waals surface area contributed by atoms with Gasteiger partial charge < -0.3 is 10.5 Å². The van der Waals surface area contributed by atoms with Crippen molar-refractivity contribution in [2.24, 2.45) is 5.73 Å². The van der Waals surface area contributed by atoms with Crippen molar-refractivity contribution in [2.75, 3.05) is 0 Å². The van der Waals surface area contributed by atoms with E-state index in [2.05, 4.69) is 0 Å².